The van der Waals surface area contributed by atoms with Crippen LogP contribution < -0.4 is 0 Å². The lowest BCUT2D eigenvalue weighted by atomic mass is 9.91. The van der Waals surface area contributed by atoms with Crippen molar-refractivity contribution >= 4 is 0 Å². The molecule has 0 heteroatoms. The van der Waals surface area contributed by atoms with Gasteiger partial charge < -0.3 is 0 Å². The van der Waals surface area contributed by atoms with Crippen LogP contribution in [0.5, 0.6) is 0 Å². The first-order valence-electron chi connectivity index (χ1n) is 4.98. The minimum absolute atomic E-state index is 0.650. The predicted octanol–water partition coefficient (Wildman–Crippen LogP) is 4.58. The summed E-state index contributed by atoms with van der Waals surface area (Å²) in [6.07, 6.45) is 2.37. The van der Waals surface area contributed by atoms with Crippen molar-refractivity contribution in [2.24, 2.45) is 5.92 Å². The molecular weight excluding hydrogens is 144 g/mol. The molecule has 0 unspecified atom stereocenters. The number of hydrogen-bond acceptors (Lipinski definition) is 0. The highest BCUT2D eigenvalue weighted by molar-refractivity contribution is 5.25. The fourth-order valence-electron chi connectivity index (χ4n) is 1.13. The van der Waals surface area contributed by atoms with E-state index in [0.717, 1.165) is 5.57 Å². The van der Waals surface area contributed by atoms with Gasteiger partial charge in [-0.15, -0.1) is 0 Å². The first kappa shape index (κ1) is 14.0. The Morgan fingerprint density at radius 3 is 1.50 bits per heavy atom. The monoisotopic (exact) mass is 168 g/mol. The van der Waals surface area contributed by atoms with Crippen LogP contribution in [0.3, 0.4) is 0 Å². The second-order valence-electron chi connectivity index (χ2n) is 2.82. The molecule has 0 amide bonds. The van der Waals surface area contributed by atoms with Gasteiger partial charge in [-0.05, 0) is 31.3 Å². The fourth-order valence-corrected chi connectivity index (χ4v) is 1.13. The van der Waals surface area contributed by atoms with Gasteiger partial charge >= 0.3 is 0 Å². The van der Waals surface area contributed by atoms with Crippen molar-refractivity contribution in [3.8, 4) is 0 Å². The molecular formula is C12H24. The molecule has 12 heavy (non-hydrogen) atoms. The van der Waals surface area contributed by atoms with Gasteiger partial charge in [0, 0.05) is 0 Å². The highest BCUT2D eigenvalue weighted by atomic mass is 14.1. The third-order valence-electron chi connectivity index (χ3n) is 2.03. The lowest BCUT2D eigenvalue weighted by molar-refractivity contribution is 0.579. The highest BCUT2D eigenvalue weighted by Crippen LogP contribution is 2.21. The van der Waals surface area contributed by atoms with E-state index in [0.29, 0.717) is 5.92 Å². The maximum Gasteiger partial charge on any atom is -0.0171 e. The van der Waals surface area contributed by atoms with Crippen LogP contribution in [-0.2, 0) is 0 Å². The van der Waals surface area contributed by atoms with E-state index < -0.39 is 0 Å². The van der Waals surface area contributed by atoms with Gasteiger partial charge in [0.2, 0.25) is 0 Å². The van der Waals surface area contributed by atoms with Gasteiger partial charge in [0.05, 0.1) is 0 Å². The van der Waals surface area contributed by atoms with Crippen LogP contribution >= 0.6 is 0 Å². The van der Waals surface area contributed by atoms with E-state index in [2.05, 4.69) is 27.0 Å². The quantitative estimate of drug-likeness (QED) is 0.539. The van der Waals surface area contributed by atoms with E-state index in [-0.39, 0.29) is 0 Å². The van der Waals surface area contributed by atoms with Crippen molar-refractivity contribution in [3.05, 3.63) is 24.3 Å². The van der Waals surface area contributed by atoms with Crippen molar-refractivity contribution in [2.45, 2.75) is 47.5 Å². The summed E-state index contributed by atoms with van der Waals surface area (Å²) in [5.41, 5.74) is 2.36. The molecule has 0 aromatic rings. The fraction of sp³-hybridized carbons (Fsp3) is 0.667. The Bertz CT molecular complexity index is 127. The third kappa shape index (κ3) is 5.17. The Hall–Kier alpha value is -0.520. The molecule has 0 bridgehead atoms. The zero-order chi connectivity index (χ0) is 10.1. The predicted molar refractivity (Wildman–Crippen MR) is 59.4 cm³/mol. The molecule has 0 fully saturated rings. The Morgan fingerprint density at radius 1 is 1.08 bits per heavy atom. The minimum atomic E-state index is 0.650. The molecule has 0 spiro atoms. The molecule has 0 atom stereocenters. The van der Waals surface area contributed by atoms with E-state index in [4.69, 9.17) is 0 Å². The zero-order valence-corrected chi connectivity index (χ0v) is 9.41. The van der Waals surface area contributed by atoms with Gasteiger partial charge in [-0.1, -0.05) is 46.4 Å². The zero-order valence-electron chi connectivity index (χ0n) is 9.41. The first-order valence-corrected chi connectivity index (χ1v) is 4.98. The summed E-state index contributed by atoms with van der Waals surface area (Å²) in [7, 11) is 0. The third-order valence-corrected chi connectivity index (χ3v) is 2.03. The lowest BCUT2D eigenvalue weighted by Crippen LogP contribution is -2.00. The molecule has 0 rings (SSSR count). The maximum atomic E-state index is 4.00. The lowest BCUT2D eigenvalue weighted by Gasteiger charge is -2.14. The van der Waals surface area contributed by atoms with Crippen LogP contribution in [0.15, 0.2) is 24.3 Å². The number of rotatable bonds is 4. The summed E-state index contributed by atoms with van der Waals surface area (Å²) < 4.78 is 0. The second kappa shape index (κ2) is 8.58. The van der Waals surface area contributed by atoms with Crippen molar-refractivity contribution in [2.75, 3.05) is 0 Å². The van der Waals surface area contributed by atoms with Crippen LogP contribution in [0.1, 0.15) is 47.5 Å². The standard InChI is InChI=1S/C10H18.C2H6/c1-6-10(7-2)9(5)8(3)4;1-2/h10H,3,5-7H2,1-2,4H3;1-2H3. The first-order chi connectivity index (χ1) is 5.63. The van der Waals surface area contributed by atoms with E-state index in [1.165, 1.54) is 18.4 Å². The van der Waals surface area contributed by atoms with E-state index in [9.17, 15) is 0 Å². The second-order valence-corrected chi connectivity index (χ2v) is 2.82. The molecule has 0 saturated carbocycles. The molecule has 0 N–H and O–H groups in total. The van der Waals surface area contributed by atoms with Crippen molar-refractivity contribution in [1.82, 2.24) is 0 Å². The summed E-state index contributed by atoms with van der Waals surface area (Å²) in [6.45, 7) is 18.3. The van der Waals surface area contributed by atoms with E-state index in [1.54, 1.807) is 0 Å². The normalized spacial score (nSPS) is 8.83. The van der Waals surface area contributed by atoms with Crippen molar-refractivity contribution in [3.63, 3.8) is 0 Å². The summed E-state index contributed by atoms with van der Waals surface area (Å²) in [4.78, 5) is 0. The number of hydrogen-bond donors (Lipinski definition) is 0. The van der Waals surface area contributed by atoms with Gasteiger partial charge in [0.25, 0.3) is 0 Å². The minimum Gasteiger partial charge on any atom is -0.0958 e. The number of allylic oxidation sites excluding steroid dienone is 2. The molecule has 0 aromatic heterocycles. The molecule has 72 valence electrons. The van der Waals surface area contributed by atoms with Crippen molar-refractivity contribution in [1.29, 1.82) is 0 Å². The Morgan fingerprint density at radius 2 is 1.42 bits per heavy atom. The van der Waals surface area contributed by atoms with Crippen LogP contribution in [0.25, 0.3) is 0 Å². The average molecular weight is 168 g/mol. The summed E-state index contributed by atoms with van der Waals surface area (Å²) in [5.74, 6) is 0.650. The van der Waals surface area contributed by atoms with Crippen LogP contribution in [0, 0.1) is 5.92 Å². The molecule has 0 aliphatic carbocycles. The van der Waals surface area contributed by atoms with E-state index >= 15 is 0 Å². The summed E-state index contributed by atoms with van der Waals surface area (Å²) >= 11 is 0. The summed E-state index contributed by atoms with van der Waals surface area (Å²) in [5, 5.41) is 0. The van der Waals surface area contributed by atoms with Gasteiger partial charge in [-0.3, -0.25) is 0 Å². The molecule has 0 nitrogen and oxygen atoms in total. The molecule has 0 aliphatic heterocycles. The average Bonchev–Trinajstić information content (AvgIpc) is 2.10. The maximum absolute atomic E-state index is 4.00. The van der Waals surface area contributed by atoms with Gasteiger partial charge in [-0.25, -0.2) is 0 Å². The van der Waals surface area contributed by atoms with Gasteiger partial charge in [0.15, 0.2) is 0 Å². The van der Waals surface area contributed by atoms with E-state index in [1.807, 2.05) is 20.8 Å². The van der Waals surface area contributed by atoms with Gasteiger partial charge in [0.1, 0.15) is 0 Å². The SMILES string of the molecule is C=C(C)C(=C)C(CC)CC.CC. The molecule has 0 heterocycles. The topological polar surface area (TPSA) is 0 Å². The Kier molecular flexibility index (Phi) is 10.0. The van der Waals surface area contributed by atoms with Crippen LogP contribution in [-0.4, -0.2) is 0 Å². The van der Waals surface area contributed by atoms with Crippen molar-refractivity contribution < 1.29 is 0 Å². The van der Waals surface area contributed by atoms with Crippen LogP contribution in [0.2, 0.25) is 0 Å². The van der Waals surface area contributed by atoms with Crippen LogP contribution in [0.4, 0.5) is 0 Å². The Labute approximate surface area is 78.4 Å². The largest absolute Gasteiger partial charge is 0.0958 e. The Balaban J connectivity index is 0. The summed E-state index contributed by atoms with van der Waals surface area (Å²) in [6, 6.07) is 0. The molecule has 0 saturated heterocycles. The molecule has 0 aromatic carbocycles. The highest BCUT2D eigenvalue weighted by Gasteiger charge is 2.06. The molecule has 0 aliphatic rings. The smallest absolute Gasteiger partial charge is 0.0171 e. The molecule has 0 radical (unpaired) electrons. The van der Waals surface area contributed by atoms with Gasteiger partial charge in [-0.2, -0.15) is 0 Å².